The van der Waals surface area contributed by atoms with Crippen LogP contribution in [-0.2, 0) is 18.9 Å². The molecule has 22 heavy (non-hydrogen) atoms. The van der Waals surface area contributed by atoms with Gasteiger partial charge in [-0.05, 0) is 6.54 Å². The van der Waals surface area contributed by atoms with Gasteiger partial charge in [0, 0.05) is 12.7 Å². The van der Waals surface area contributed by atoms with Crippen molar-refractivity contribution in [2.24, 2.45) is 0 Å². The van der Waals surface area contributed by atoms with Crippen LogP contribution in [-0.4, -0.2) is 56.0 Å². The molecule has 0 amide bonds. The molecule has 2 fully saturated rings. The Morgan fingerprint density at radius 1 is 1.27 bits per heavy atom. The zero-order valence-electron chi connectivity index (χ0n) is 12.8. The number of likely N-dealkylation sites (N-methyl/N-ethyl adjacent to an activating group) is 1. The molecule has 6 heteroatoms. The summed E-state index contributed by atoms with van der Waals surface area (Å²) in [5, 5.41) is 13.9. The molecule has 2 saturated heterocycles. The van der Waals surface area contributed by atoms with E-state index in [2.05, 4.69) is 5.32 Å². The van der Waals surface area contributed by atoms with Gasteiger partial charge in [-0.25, -0.2) is 0 Å². The van der Waals surface area contributed by atoms with Crippen LogP contribution in [0.2, 0.25) is 0 Å². The number of rotatable bonds is 4. The van der Waals surface area contributed by atoms with Gasteiger partial charge < -0.3 is 29.4 Å². The zero-order valence-corrected chi connectivity index (χ0v) is 12.8. The predicted octanol–water partition coefficient (Wildman–Crippen LogP) is 0.811. The fraction of sp³-hybridized carbons (Fsp3) is 0.625. The number of nitrogens with one attached hydrogen (secondary N) is 1. The molecule has 0 bridgehead atoms. The Hall–Kier alpha value is -1.02. The number of ether oxygens (including phenoxy) is 4. The standard InChI is InChI=1S/C16H23NO5/c1-3-17-12-13(18)14-11(21-16(12)19-2)9-20-15(22-14)10-7-5-4-6-8-10/h4-8,11-18H,3,9H2,1-2H3/t11-,12-,13-,14-,15?,16-/m1/s1. The van der Waals surface area contributed by atoms with E-state index in [0.717, 1.165) is 5.56 Å². The average Bonchev–Trinajstić information content (AvgIpc) is 2.58. The third kappa shape index (κ3) is 3.03. The fourth-order valence-corrected chi connectivity index (χ4v) is 3.03. The minimum absolute atomic E-state index is 0.328. The van der Waals surface area contributed by atoms with Crippen molar-refractivity contribution in [3.63, 3.8) is 0 Å². The number of hydrogen-bond donors (Lipinski definition) is 2. The highest BCUT2D eigenvalue weighted by Gasteiger charge is 2.49. The summed E-state index contributed by atoms with van der Waals surface area (Å²) in [6, 6.07) is 9.37. The summed E-state index contributed by atoms with van der Waals surface area (Å²) in [4.78, 5) is 0. The van der Waals surface area contributed by atoms with E-state index in [9.17, 15) is 5.11 Å². The fourth-order valence-electron chi connectivity index (χ4n) is 3.03. The third-order valence-corrected chi connectivity index (χ3v) is 4.11. The molecule has 0 aliphatic carbocycles. The highest BCUT2D eigenvalue weighted by Crippen LogP contribution is 2.34. The van der Waals surface area contributed by atoms with Crippen molar-refractivity contribution >= 4 is 0 Å². The first kappa shape index (κ1) is 15.9. The molecule has 2 aliphatic rings. The number of aliphatic hydroxyl groups is 1. The lowest BCUT2D eigenvalue weighted by atomic mass is 9.95. The average molecular weight is 309 g/mol. The van der Waals surface area contributed by atoms with Crippen LogP contribution in [0, 0.1) is 0 Å². The lowest BCUT2D eigenvalue weighted by Gasteiger charge is -2.47. The van der Waals surface area contributed by atoms with E-state index in [0.29, 0.717) is 13.2 Å². The van der Waals surface area contributed by atoms with Crippen LogP contribution < -0.4 is 5.32 Å². The molecular formula is C16H23NO5. The highest BCUT2D eigenvalue weighted by molar-refractivity contribution is 5.16. The van der Waals surface area contributed by atoms with Crippen molar-refractivity contribution in [2.45, 2.75) is 43.9 Å². The zero-order chi connectivity index (χ0) is 15.5. The summed E-state index contributed by atoms with van der Waals surface area (Å²) >= 11 is 0. The molecule has 6 atom stereocenters. The second-order valence-electron chi connectivity index (χ2n) is 5.53. The van der Waals surface area contributed by atoms with Crippen LogP contribution in [0.5, 0.6) is 0 Å². The predicted molar refractivity (Wildman–Crippen MR) is 79.1 cm³/mol. The Bertz CT molecular complexity index is 471. The van der Waals surface area contributed by atoms with Gasteiger partial charge in [-0.1, -0.05) is 37.3 Å². The molecule has 0 aromatic heterocycles. The molecular weight excluding hydrogens is 286 g/mol. The van der Waals surface area contributed by atoms with Crippen LogP contribution in [0.3, 0.4) is 0 Å². The molecule has 122 valence electrons. The topological polar surface area (TPSA) is 69.2 Å². The van der Waals surface area contributed by atoms with Crippen LogP contribution in [0.1, 0.15) is 18.8 Å². The van der Waals surface area contributed by atoms with Crippen LogP contribution in [0.15, 0.2) is 30.3 Å². The van der Waals surface area contributed by atoms with Crippen molar-refractivity contribution in [3.8, 4) is 0 Å². The lowest BCUT2D eigenvalue weighted by Crippen LogP contribution is -2.65. The molecule has 2 heterocycles. The third-order valence-electron chi connectivity index (χ3n) is 4.11. The summed E-state index contributed by atoms with van der Waals surface area (Å²) in [5.74, 6) is 0. The van der Waals surface area contributed by atoms with E-state index >= 15 is 0 Å². The SMILES string of the molecule is CCN[C@H]1[C@H](OC)O[C@@H]2COC(c3ccccc3)O[C@H]2[C@@H]1O. The quantitative estimate of drug-likeness (QED) is 0.858. The van der Waals surface area contributed by atoms with Crippen LogP contribution >= 0.6 is 0 Å². The van der Waals surface area contributed by atoms with E-state index < -0.39 is 24.8 Å². The maximum atomic E-state index is 10.7. The Kier molecular flexibility index (Phi) is 5.07. The highest BCUT2D eigenvalue weighted by atomic mass is 16.7. The minimum Gasteiger partial charge on any atom is -0.388 e. The number of benzene rings is 1. The molecule has 2 aliphatic heterocycles. The second kappa shape index (κ2) is 7.04. The number of hydrogen-bond acceptors (Lipinski definition) is 6. The second-order valence-corrected chi connectivity index (χ2v) is 5.53. The maximum absolute atomic E-state index is 10.7. The van der Waals surface area contributed by atoms with Crippen LogP contribution in [0.4, 0.5) is 0 Å². The van der Waals surface area contributed by atoms with Gasteiger partial charge in [0.1, 0.15) is 18.3 Å². The van der Waals surface area contributed by atoms with Gasteiger partial charge in [-0.15, -0.1) is 0 Å². The molecule has 0 radical (unpaired) electrons. The normalized spacial score (nSPS) is 38.5. The first-order valence-corrected chi connectivity index (χ1v) is 7.66. The van der Waals surface area contributed by atoms with E-state index in [1.165, 1.54) is 0 Å². The molecule has 3 rings (SSSR count). The summed E-state index contributed by atoms with van der Waals surface area (Å²) in [5.41, 5.74) is 0.932. The first-order valence-electron chi connectivity index (χ1n) is 7.66. The van der Waals surface area contributed by atoms with Crippen LogP contribution in [0.25, 0.3) is 0 Å². The van der Waals surface area contributed by atoms with Gasteiger partial charge in [0.05, 0.1) is 12.6 Å². The first-order chi connectivity index (χ1) is 10.7. The molecule has 0 spiro atoms. The number of fused-ring (bicyclic) bond motifs is 1. The molecule has 2 N–H and O–H groups in total. The summed E-state index contributed by atoms with van der Waals surface area (Å²) in [6.45, 7) is 3.05. The Morgan fingerprint density at radius 3 is 2.73 bits per heavy atom. The van der Waals surface area contributed by atoms with Crippen molar-refractivity contribution in [1.29, 1.82) is 0 Å². The Morgan fingerprint density at radius 2 is 2.05 bits per heavy atom. The van der Waals surface area contributed by atoms with E-state index in [1.54, 1.807) is 7.11 Å². The molecule has 6 nitrogen and oxygen atoms in total. The molecule has 0 saturated carbocycles. The Labute approximate surface area is 130 Å². The molecule has 1 aromatic carbocycles. The molecule has 1 unspecified atom stereocenters. The van der Waals surface area contributed by atoms with Gasteiger partial charge in [-0.3, -0.25) is 0 Å². The summed E-state index contributed by atoms with van der Waals surface area (Å²) < 4.78 is 22.9. The monoisotopic (exact) mass is 309 g/mol. The lowest BCUT2D eigenvalue weighted by molar-refractivity contribution is -0.341. The van der Waals surface area contributed by atoms with Crippen molar-refractivity contribution < 1.29 is 24.1 Å². The summed E-state index contributed by atoms with van der Waals surface area (Å²) in [7, 11) is 1.57. The van der Waals surface area contributed by atoms with E-state index in [-0.39, 0.29) is 12.1 Å². The van der Waals surface area contributed by atoms with Gasteiger partial charge in [0.2, 0.25) is 0 Å². The van der Waals surface area contributed by atoms with Crippen molar-refractivity contribution in [2.75, 3.05) is 20.3 Å². The van der Waals surface area contributed by atoms with Crippen molar-refractivity contribution in [3.05, 3.63) is 35.9 Å². The smallest absolute Gasteiger partial charge is 0.184 e. The van der Waals surface area contributed by atoms with E-state index in [4.69, 9.17) is 18.9 Å². The van der Waals surface area contributed by atoms with Gasteiger partial charge in [-0.2, -0.15) is 0 Å². The largest absolute Gasteiger partial charge is 0.388 e. The minimum atomic E-state index is -0.723. The van der Waals surface area contributed by atoms with Gasteiger partial charge in [0.25, 0.3) is 0 Å². The van der Waals surface area contributed by atoms with E-state index in [1.807, 2.05) is 37.3 Å². The number of aliphatic hydroxyl groups excluding tert-OH is 1. The summed E-state index contributed by atoms with van der Waals surface area (Å²) in [6.07, 6.45) is -2.51. The van der Waals surface area contributed by atoms with Gasteiger partial charge >= 0.3 is 0 Å². The molecule has 1 aromatic rings. The maximum Gasteiger partial charge on any atom is 0.184 e. The van der Waals surface area contributed by atoms with Crippen molar-refractivity contribution in [1.82, 2.24) is 5.32 Å². The van der Waals surface area contributed by atoms with Gasteiger partial charge in [0.15, 0.2) is 12.6 Å². The number of methoxy groups -OCH3 is 1. The Balaban J connectivity index is 1.74.